The molecule has 1 amide bonds. The molecule has 18 heavy (non-hydrogen) atoms. The molecule has 0 fully saturated rings. The van der Waals surface area contributed by atoms with Crippen LogP contribution < -0.4 is 11.3 Å². The summed E-state index contributed by atoms with van der Waals surface area (Å²) in [5.41, 5.74) is 3.27. The van der Waals surface area contributed by atoms with E-state index >= 15 is 0 Å². The Hall–Kier alpha value is -1.93. The fraction of sp³-hybridized carbons (Fsp3) is 0.200. The van der Waals surface area contributed by atoms with E-state index in [9.17, 15) is 4.79 Å². The fourth-order valence-electron chi connectivity index (χ4n) is 1.20. The normalized spacial score (nSPS) is 10.3. The largest absolute Gasteiger partial charge is 0.416 e. The number of aryl methyl sites for hydroxylation is 1. The second kappa shape index (κ2) is 5.61. The molecule has 2 rings (SSSR count). The monoisotopic (exact) mass is 265 g/mol. The van der Waals surface area contributed by atoms with Crippen LogP contribution in [-0.2, 0) is 5.75 Å². The van der Waals surface area contributed by atoms with Gasteiger partial charge >= 0.3 is 0 Å². The van der Waals surface area contributed by atoms with Gasteiger partial charge in [0.1, 0.15) is 0 Å². The van der Waals surface area contributed by atoms with E-state index in [2.05, 4.69) is 15.2 Å². The standard InChI is InChI=1S/C10H11N5O2S/c1-6-14-15-10(17-6)18-5-8-3-2-7(4-12-8)9(16)13-11/h2-4H,5,11H2,1H3,(H,13,16). The summed E-state index contributed by atoms with van der Waals surface area (Å²) in [6.07, 6.45) is 1.47. The minimum absolute atomic E-state index is 0.366. The van der Waals surface area contributed by atoms with Crippen molar-refractivity contribution >= 4 is 17.7 Å². The van der Waals surface area contributed by atoms with Gasteiger partial charge in [0.2, 0.25) is 5.89 Å². The first kappa shape index (κ1) is 12.5. The fourth-order valence-corrected chi connectivity index (χ4v) is 1.92. The van der Waals surface area contributed by atoms with E-state index in [0.717, 1.165) is 5.69 Å². The number of nitrogens with zero attached hydrogens (tertiary/aromatic N) is 3. The molecule has 0 saturated heterocycles. The third-order valence-corrected chi connectivity index (χ3v) is 2.92. The Morgan fingerprint density at radius 1 is 1.50 bits per heavy atom. The first-order valence-electron chi connectivity index (χ1n) is 5.08. The highest BCUT2D eigenvalue weighted by atomic mass is 32.2. The molecule has 0 bridgehead atoms. The van der Waals surface area contributed by atoms with Gasteiger partial charge in [0, 0.05) is 18.9 Å². The highest BCUT2D eigenvalue weighted by molar-refractivity contribution is 7.98. The third-order valence-electron chi connectivity index (χ3n) is 2.07. The van der Waals surface area contributed by atoms with Crippen molar-refractivity contribution in [2.24, 2.45) is 5.84 Å². The number of hydrazine groups is 1. The first-order chi connectivity index (χ1) is 8.69. The zero-order valence-corrected chi connectivity index (χ0v) is 10.4. The summed E-state index contributed by atoms with van der Waals surface area (Å²) in [6, 6.07) is 3.41. The lowest BCUT2D eigenvalue weighted by Gasteiger charge is -2.00. The number of nitrogens with two attached hydrogens (primary N) is 1. The molecule has 8 heteroatoms. The van der Waals surface area contributed by atoms with Gasteiger partial charge in [-0.2, -0.15) is 0 Å². The van der Waals surface area contributed by atoms with Crippen LogP contribution in [0.25, 0.3) is 0 Å². The third kappa shape index (κ3) is 3.05. The maximum Gasteiger partial charge on any atom is 0.276 e. The Kier molecular flexibility index (Phi) is 3.90. The summed E-state index contributed by atoms with van der Waals surface area (Å²) < 4.78 is 5.22. The average Bonchev–Trinajstić information content (AvgIpc) is 2.82. The Morgan fingerprint density at radius 3 is 2.89 bits per heavy atom. The number of carbonyl (C=O) groups is 1. The number of hydrogen-bond donors (Lipinski definition) is 2. The number of carbonyl (C=O) groups excluding carboxylic acids is 1. The lowest BCUT2D eigenvalue weighted by atomic mass is 10.2. The molecule has 0 aliphatic heterocycles. The first-order valence-corrected chi connectivity index (χ1v) is 6.06. The number of rotatable bonds is 4. The number of nitrogen functional groups attached to an aromatic ring is 1. The number of aromatic nitrogens is 3. The van der Waals surface area contributed by atoms with E-state index in [1.54, 1.807) is 19.1 Å². The summed E-state index contributed by atoms with van der Waals surface area (Å²) in [4.78, 5) is 15.3. The second-order valence-corrected chi connectivity index (χ2v) is 4.31. The molecular formula is C10H11N5O2S. The van der Waals surface area contributed by atoms with Gasteiger partial charge in [-0.1, -0.05) is 11.8 Å². The summed E-state index contributed by atoms with van der Waals surface area (Å²) in [6.45, 7) is 1.73. The van der Waals surface area contributed by atoms with Crippen LogP contribution in [0.3, 0.4) is 0 Å². The van der Waals surface area contributed by atoms with Gasteiger partial charge in [-0.05, 0) is 12.1 Å². The molecule has 0 aromatic carbocycles. The van der Waals surface area contributed by atoms with Crippen LogP contribution in [0.1, 0.15) is 21.9 Å². The van der Waals surface area contributed by atoms with E-state index in [0.29, 0.717) is 22.4 Å². The van der Waals surface area contributed by atoms with Gasteiger partial charge in [-0.25, -0.2) is 5.84 Å². The molecule has 7 nitrogen and oxygen atoms in total. The molecule has 0 saturated carbocycles. The molecule has 0 radical (unpaired) electrons. The van der Waals surface area contributed by atoms with E-state index in [1.165, 1.54) is 18.0 Å². The molecule has 0 atom stereocenters. The van der Waals surface area contributed by atoms with Crippen LogP contribution in [0.15, 0.2) is 28.0 Å². The van der Waals surface area contributed by atoms with E-state index in [-0.39, 0.29) is 5.91 Å². The van der Waals surface area contributed by atoms with Gasteiger partial charge < -0.3 is 4.42 Å². The zero-order valence-electron chi connectivity index (χ0n) is 9.58. The molecule has 0 unspecified atom stereocenters. The van der Waals surface area contributed by atoms with E-state index < -0.39 is 0 Å². The van der Waals surface area contributed by atoms with Gasteiger partial charge in [-0.3, -0.25) is 15.2 Å². The SMILES string of the molecule is Cc1nnc(SCc2ccc(C(=O)NN)cn2)o1. The maximum atomic E-state index is 11.2. The maximum absolute atomic E-state index is 11.2. The number of amides is 1. The lowest BCUT2D eigenvalue weighted by molar-refractivity contribution is 0.0953. The van der Waals surface area contributed by atoms with Crippen molar-refractivity contribution < 1.29 is 9.21 Å². The number of pyridine rings is 1. The van der Waals surface area contributed by atoms with Crippen LogP contribution >= 0.6 is 11.8 Å². The average molecular weight is 265 g/mol. The molecule has 2 heterocycles. The van der Waals surface area contributed by atoms with Crippen molar-refractivity contribution in [2.75, 3.05) is 0 Å². The van der Waals surface area contributed by atoms with Crippen LogP contribution in [0.4, 0.5) is 0 Å². The molecule has 0 spiro atoms. The van der Waals surface area contributed by atoms with Crippen molar-refractivity contribution in [3.63, 3.8) is 0 Å². The number of nitrogens with one attached hydrogen (secondary N) is 1. The number of hydrogen-bond acceptors (Lipinski definition) is 7. The summed E-state index contributed by atoms with van der Waals surface area (Å²) >= 11 is 1.39. The van der Waals surface area contributed by atoms with Gasteiger partial charge in [0.05, 0.1) is 11.3 Å². The van der Waals surface area contributed by atoms with Gasteiger partial charge in [0.15, 0.2) is 0 Å². The highest BCUT2D eigenvalue weighted by Crippen LogP contribution is 2.20. The molecule has 2 aromatic rings. The van der Waals surface area contributed by atoms with E-state index in [1.807, 2.05) is 5.43 Å². The highest BCUT2D eigenvalue weighted by Gasteiger charge is 2.06. The summed E-state index contributed by atoms with van der Waals surface area (Å²) in [5, 5.41) is 8.08. The minimum atomic E-state index is -0.366. The lowest BCUT2D eigenvalue weighted by Crippen LogP contribution is -2.30. The molecule has 0 aliphatic carbocycles. The van der Waals surface area contributed by atoms with Gasteiger partial charge in [0.25, 0.3) is 11.1 Å². The van der Waals surface area contributed by atoms with Crippen molar-refractivity contribution in [2.45, 2.75) is 17.9 Å². The minimum Gasteiger partial charge on any atom is -0.416 e. The van der Waals surface area contributed by atoms with Gasteiger partial charge in [-0.15, -0.1) is 10.2 Å². The van der Waals surface area contributed by atoms with Crippen molar-refractivity contribution in [3.05, 3.63) is 35.5 Å². The molecule has 0 aliphatic rings. The van der Waals surface area contributed by atoms with Crippen LogP contribution in [0, 0.1) is 6.92 Å². The van der Waals surface area contributed by atoms with E-state index in [4.69, 9.17) is 10.3 Å². The summed E-state index contributed by atoms with van der Waals surface area (Å²) in [5.74, 6) is 5.77. The van der Waals surface area contributed by atoms with Crippen molar-refractivity contribution in [1.29, 1.82) is 0 Å². The molecule has 2 aromatic heterocycles. The Labute approximate surface area is 107 Å². The predicted molar refractivity (Wildman–Crippen MR) is 64.5 cm³/mol. The van der Waals surface area contributed by atoms with Crippen LogP contribution in [0.5, 0.6) is 0 Å². The van der Waals surface area contributed by atoms with Crippen molar-refractivity contribution in [3.8, 4) is 0 Å². The topological polar surface area (TPSA) is 107 Å². The van der Waals surface area contributed by atoms with Crippen molar-refractivity contribution in [1.82, 2.24) is 20.6 Å². The summed E-state index contributed by atoms with van der Waals surface area (Å²) in [7, 11) is 0. The Balaban J connectivity index is 1.96. The Morgan fingerprint density at radius 2 is 2.33 bits per heavy atom. The predicted octanol–water partition coefficient (Wildman–Crippen LogP) is 0.669. The second-order valence-electron chi connectivity index (χ2n) is 3.39. The Bertz CT molecular complexity index is 539. The van der Waals surface area contributed by atoms with Crippen LogP contribution in [-0.4, -0.2) is 21.1 Å². The molecule has 94 valence electrons. The zero-order chi connectivity index (χ0) is 13.0. The molecular weight excluding hydrogens is 254 g/mol. The molecule has 3 N–H and O–H groups in total. The number of thioether (sulfide) groups is 1. The smallest absolute Gasteiger partial charge is 0.276 e. The quantitative estimate of drug-likeness (QED) is 0.362. The van der Waals surface area contributed by atoms with Crippen LogP contribution in [0.2, 0.25) is 0 Å².